The van der Waals surface area contributed by atoms with Crippen LogP contribution in [-0.4, -0.2) is 21.6 Å². The van der Waals surface area contributed by atoms with Gasteiger partial charge < -0.3 is 11.5 Å². The van der Waals surface area contributed by atoms with Crippen LogP contribution in [0.15, 0.2) is 59.2 Å². The molecule has 0 saturated heterocycles. The molecule has 3 aromatic rings. The molecule has 6 nitrogen and oxygen atoms in total. The summed E-state index contributed by atoms with van der Waals surface area (Å²) in [5.41, 5.74) is 14.5. The Balaban J connectivity index is 1.94. The van der Waals surface area contributed by atoms with Crippen molar-refractivity contribution in [3.8, 4) is 11.3 Å². The van der Waals surface area contributed by atoms with Gasteiger partial charge in [0.1, 0.15) is 11.7 Å². The highest BCUT2D eigenvalue weighted by Crippen LogP contribution is 2.26. The van der Waals surface area contributed by atoms with Crippen LogP contribution in [0.2, 0.25) is 0 Å². The van der Waals surface area contributed by atoms with Crippen LogP contribution in [0.4, 0.5) is 5.13 Å². The number of nitrogen functional groups attached to an aromatic ring is 1. The molecule has 0 unspecified atom stereocenters. The zero-order valence-electron chi connectivity index (χ0n) is 12.1. The monoisotopic (exact) mass is 322 g/mol. The highest BCUT2D eigenvalue weighted by molar-refractivity contribution is 7.13. The maximum Gasteiger partial charge on any atom is 0.211 e. The first-order valence-corrected chi connectivity index (χ1v) is 7.67. The van der Waals surface area contributed by atoms with Crippen molar-refractivity contribution in [1.29, 1.82) is 5.41 Å². The maximum absolute atomic E-state index is 7.59. The third kappa shape index (κ3) is 3.24. The number of thiazole rings is 1. The second-order valence-electron chi connectivity index (χ2n) is 4.71. The van der Waals surface area contributed by atoms with Gasteiger partial charge in [-0.1, -0.05) is 30.3 Å². The van der Waals surface area contributed by atoms with E-state index in [0.29, 0.717) is 16.3 Å². The molecule has 7 heteroatoms. The van der Waals surface area contributed by atoms with Crippen molar-refractivity contribution in [2.24, 2.45) is 16.5 Å². The molecule has 1 aromatic carbocycles. The third-order valence-corrected chi connectivity index (χ3v) is 3.90. The Kier molecular flexibility index (Phi) is 4.11. The van der Waals surface area contributed by atoms with E-state index in [9.17, 15) is 0 Å². The van der Waals surface area contributed by atoms with Crippen LogP contribution < -0.4 is 11.5 Å². The van der Waals surface area contributed by atoms with Crippen LogP contribution in [0.25, 0.3) is 11.3 Å². The van der Waals surface area contributed by atoms with Crippen molar-refractivity contribution in [2.45, 2.75) is 0 Å². The molecule has 2 aromatic heterocycles. The van der Waals surface area contributed by atoms with Crippen LogP contribution in [0, 0.1) is 5.41 Å². The molecule has 114 valence electrons. The predicted molar refractivity (Wildman–Crippen MR) is 93.2 cm³/mol. The van der Waals surface area contributed by atoms with Gasteiger partial charge in [0.25, 0.3) is 0 Å². The van der Waals surface area contributed by atoms with E-state index in [2.05, 4.69) is 15.0 Å². The molecule has 0 amide bonds. The van der Waals surface area contributed by atoms with Gasteiger partial charge in [-0.25, -0.2) is 9.98 Å². The van der Waals surface area contributed by atoms with Crippen LogP contribution in [0.5, 0.6) is 0 Å². The number of aliphatic imine (C=N–C) groups is 1. The van der Waals surface area contributed by atoms with Gasteiger partial charge in [-0.05, 0) is 6.07 Å². The summed E-state index contributed by atoms with van der Waals surface area (Å²) in [5, 5.41) is 10.1. The molecular weight excluding hydrogens is 308 g/mol. The Morgan fingerprint density at radius 2 is 1.87 bits per heavy atom. The van der Waals surface area contributed by atoms with Crippen molar-refractivity contribution in [2.75, 3.05) is 0 Å². The Hall–Kier alpha value is -3.06. The van der Waals surface area contributed by atoms with Gasteiger partial charge in [0, 0.05) is 34.5 Å². The number of nitrogens with two attached hydrogens (primary N) is 2. The Bertz CT molecular complexity index is 869. The smallest absolute Gasteiger partial charge is 0.211 e. The first kappa shape index (κ1) is 14.9. The van der Waals surface area contributed by atoms with Gasteiger partial charge in [0.2, 0.25) is 5.13 Å². The number of hydrogen-bond donors (Lipinski definition) is 3. The van der Waals surface area contributed by atoms with Crippen LogP contribution in [0.3, 0.4) is 0 Å². The molecule has 0 atom stereocenters. The van der Waals surface area contributed by atoms with Gasteiger partial charge in [-0.3, -0.25) is 10.4 Å². The number of hydrogen-bond acceptors (Lipinski definition) is 5. The number of pyridine rings is 1. The minimum absolute atomic E-state index is 0.0790. The third-order valence-electron chi connectivity index (χ3n) is 3.16. The van der Waals surface area contributed by atoms with Gasteiger partial charge in [-0.15, -0.1) is 11.3 Å². The molecule has 0 aliphatic rings. The second-order valence-corrected chi connectivity index (χ2v) is 5.55. The first-order chi connectivity index (χ1) is 11.1. The number of nitrogens with one attached hydrogen (secondary N) is 1. The van der Waals surface area contributed by atoms with E-state index in [-0.39, 0.29) is 11.7 Å². The van der Waals surface area contributed by atoms with Crippen molar-refractivity contribution in [3.05, 3.63) is 65.3 Å². The SMILES string of the molecule is N=C(N)c1ccncc1/C(N)=N/c1nc(-c2ccccc2)cs1. The molecule has 0 radical (unpaired) electrons. The summed E-state index contributed by atoms with van der Waals surface area (Å²) in [4.78, 5) is 12.8. The van der Waals surface area contributed by atoms with E-state index >= 15 is 0 Å². The molecule has 0 fully saturated rings. The Morgan fingerprint density at radius 3 is 2.61 bits per heavy atom. The van der Waals surface area contributed by atoms with Gasteiger partial charge in [-0.2, -0.15) is 0 Å². The average Bonchev–Trinajstić information content (AvgIpc) is 3.04. The number of nitrogens with zero attached hydrogens (tertiary/aromatic N) is 3. The number of amidine groups is 2. The van der Waals surface area contributed by atoms with E-state index in [4.69, 9.17) is 16.9 Å². The summed E-state index contributed by atoms with van der Waals surface area (Å²) in [6, 6.07) is 11.5. The number of rotatable bonds is 4. The van der Waals surface area contributed by atoms with Gasteiger partial charge >= 0.3 is 0 Å². The molecule has 0 aliphatic carbocycles. The fraction of sp³-hybridized carbons (Fsp3) is 0. The van der Waals surface area contributed by atoms with E-state index in [1.54, 1.807) is 18.5 Å². The molecule has 5 N–H and O–H groups in total. The van der Waals surface area contributed by atoms with Gasteiger partial charge in [0.05, 0.1) is 5.69 Å². The van der Waals surface area contributed by atoms with E-state index in [1.165, 1.54) is 11.3 Å². The highest BCUT2D eigenvalue weighted by atomic mass is 32.1. The second kappa shape index (κ2) is 6.37. The average molecular weight is 322 g/mol. The van der Waals surface area contributed by atoms with Crippen molar-refractivity contribution >= 4 is 28.1 Å². The summed E-state index contributed by atoms with van der Waals surface area (Å²) in [7, 11) is 0. The molecule has 0 aliphatic heterocycles. The molecule has 2 heterocycles. The fourth-order valence-electron chi connectivity index (χ4n) is 2.05. The molecule has 23 heavy (non-hydrogen) atoms. The standard InChI is InChI=1S/C16H14N6S/c17-14(18)11-6-7-20-8-12(11)15(19)22-16-21-13(9-23-16)10-4-2-1-3-5-10/h1-9H,(H3,17,18)(H2,19,21,22). The largest absolute Gasteiger partial charge is 0.384 e. The van der Waals surface area contributed by atoms with Crippen molar-refractivity contribution in [3.63, 3.8) is 0 Å². The number of aromatic nitrogens is 2. The fourth-order valence-corrected chi connectivity index (χ4v) is 2.76. The molecule has 3 rings (SSSR count). The zero-order valence-corrected chi connectivity index (χ0v) is 12.9. The lowest BCUT2D eigenvalue weighted by Gasteiger charge is -2.05. The maximum atomic E-state index is 7.59. The summed E-state index contributed by atoms with van der Waals surface area (Å²) in [6.45, 7) is 0. The lowest BCUT2D eigenvalue weighted by molar-refractivity contribution is 1.27. The van der Waals surface area contributed by atoms with Crippen LogP contribution in [0.1, 0.15) is 11.1 Å². The topological polar surface area (TPSA) is 114 Å². The first-order valence-electron chi connectivity index (χ1n) is 6.79. The molecule has 0 spiro atoms. The summed E-state index contributed by atoms with van der Waals surface area (Å²) in [6.07, 6.45) is 3.10. The minimum Gasteiger partial charge on any atom is -0.384 e. The van der Waals surface area contributed by atoms with Crippen LogP contribution >= 0.6 is 11.3 Å². The summed E-state index contributed by atoms with van der Waals surface area (Å²) >= 11 is 1.40. The summed E-state index contributed by atoms with van der Waals surface area (Å²) in [5.74, 6) is 0.155. The van der Waals surface area contributed by atoms with E-state index in [0.717, 1.165) is 11.3 Å². The van der Waals surface area contributed by atoms with Crippen molar-refractivity contribution < 1.29 is 0 Å². The Morgan fingerprint density at radius 1 is 1.09 bits per heavy atom. The van der Waals surface area contributed by atoms with E-state index in [1.807, 2.05) is 35.7 Å². The lowest BCUT2D eigenvalue weighted by atomic mass is 10.1. The lowest BCUT2D eigenvalue weighted by Crippen LogP contribution is -2.21. The van der Waals surface area contributed by atoms with Crippen LogP contribution in [-0.2, 0) is 0 Å². The Labute approximate surface area is 137 Å². The summed E-state index contributed by atoms with van der Waals surface area (Å²) < 4.78 is 0. The van der Waals surface area contributed by atoms with Gasteiger partial charge in [0.15, 0.2) is 0 Å². The zero-order chi connectivity index (χ0) is 16.2. The quantitative estimate of drug-likeness (QED) is 0.506. The predicted octanol–water partition coefficient (Wildman–Crippen LogP) is 2.53. The minimum atomic E-state index is -0.0790. The molecule has 0 saturated carbocycles. The number of benzene rings is 1. The highest BCUT2D eigenvalue weighted by Gasteiger charge is 2.10. The van der Waals surface area contributed by atoms with E-state index < -0.39 is 0 Å². The molecular formula is C16H14N6S. The molecule has 0 bridgehead atoms. The van der Waals surface area contributed by atoms with Crippen molar-refractivity contribution in [1.82, 2.24) is 9.97 Å². The normalized spacial score (nSPS) is 11.4.